The molecule has 2 aromatic heterocycles. The fraction of sp³-hybridized carbons (Fsp3) is 0.0556. The van der Waals surface area contributed by atoms with Crippen LogP contribution in [0.15, 0.2) is 59.8 Å². The Morgan fingerprint density at radius 2 is 1.81 bits per heavy atom. The molecule has 0 spiro atoms. The fourth-order valence-corrected chi connectivity index (χ4v) is 2.99. The van der Waals surface area contributed by atoms with Crippen LogP contribution in [0, 0.1) is 11.3 Å². The molecule has 0 unspecified atom stereocenters. The first-order chi connectivity index (χ1) is 13.1. The van der Waals surface area contributed by atoms with E-state index in [1.165, 1.54) is 4.80 Å². The standard InChI is InChI=1S/C18H12ClN7S/c19-14-5-7-15(8-6-14)26-18(27)16(10-21-26)17-22-24-25(23-17)11-13-3-1-12(9-20)2-4-13/h1-8,10,27H,11H2. The molecule has 0 aliphatic carbocycles. The Bertz CT molecular complexity index is 1120. The van der Waals surface area contributed by atoms with Crippen LogP contribution < -0.4 is 0 Å². The van der Waals surface area contributed by atoms with Gasteiger partial charge in [0.25, 0.3) is 0 Å². The number of nitriles is 1. The Labute approximate surface area is 165 Å². The molecule has 0 aliphatic heterocycles. The smallest absolute Gasteiger partial charge is 0.209 e. The maximum absolute atomic E-state index is 8.86. The number of rotatable bonds is 4. The lowest BCUT2D eigenvalue weighted by Crippen LogP contribution is -2.04. The molecule has 0 fully saturated rings. The summed E-state index contributed by atoms with van der Waals surface area (Å²) < 4.78 is 1.68. The summed E-state index contributed by atoms with van der Waals surface area (Å²) in [6.07, 6.45) is 1.65. The fourth-order valence-electron chi connectivity index (χ4n) is 2.54. The number of nitrogens with zero attached hydrogens (tertiary/aromatic N) is 7. The predicted molar refractivity (Wildman–Crippen MR) is 103 cm³/mol. The molecule has 0 amide bonds. The van der Waals surface area contributed by atoms with E-state index in [4.69, 9.17) is 16.9 Å². The van der Waals surface area contributed by atoms with Crippen LogP contribution >= 0.6 is 24.2 Å². The van der Waals surface area contributed by atoms with Gasteiger partial charge in [0.15, 0.2) is 0 Å². The van der Waals surface area contributed by atoms with Gasteiger partial charge < -0.3 is 0 Å². The van der Waals surface area contributed by atoms with Gasteiger partial charge in [0.05, 0.1) is 35.6 Å². The molecule has 2 aromatic carbocycles. The molecule has 0 N–H and O–H groups in total. The molecule has 0 saturated carbocycles. The average Bonchev–Trinajstić information content (AvgIpc) is 3.29. The van der Waals surface area contributed by atoms with Crippen molar-refractivity contribution in [1.29, 1.82) is 5.26 Å². The molecule has 7 nitrogen and oxygen atoms in total. The van der Waals surface area contributed by atoms with Crippen molar-refractivity contribution in [2.45, 2.75) is 11.6 Å². The first kappa shape index (κ1) is 17.3. The van der Waals surface area contributed by atoms with Crippen molar-refractivity contribution < 1.29 is 0 Å². The van der Waals surface area contributed by atoms with Gasteiger partial charge in [-0.25, -0.2) is 4.68 Å². The first-order valence-corrected chi connectivity index (χ1v) is 8.77. The van der Waals surface area contributed by atoms with Crippen molar-refractivity contribution in [1.82, 2.24) is 30.0 Å². The van der Waals surface area contributed by atoms with Gasteiger partial charge in [0, 0.05) is 5.02 Å². The van der Waals surface area contributed by atoms with Crippen LogP contribution in [0.1, 0.15) is 11.1 Å². The zero-order chi connectivity index (χ0) is 18.8. The average molecular weight is 394 g/mol. The number of hydrogen-bond donors (Lipinski definition) is 1. The Kier molecular flexibility index (Phi) is 4.62. The lowest BCUT2D eigenvalue weighted by Gasteiger charge is -2.03. The zero-order valence-electron chi connectivity index (χ0n) is 13.9. The third-order valence-electron chi connectivity index (χ3n) is 3.92. The van der Waals surface area contributed by atoms with Gasteiger partial charge in [-0.1, -0.05) is 23.7 Å². The van der Waals surface area contributed by atoms with Crippen LogP contribution in [0.2, 0.25) is 5.02 Å². The predicted octanol–water partition coefficient (Wildman–Crippen LogP) is 3.39. The summed E-state index contributed by atoms with van der Waals surface area (Å²) in [7, 11) is 0. The number of tetrazole rings is 1. The van der Waals surface area contributed by atoms with Crippen LogP contribution in [-0.4, -0.2) is 30.0 Å². The second-order valence-electron chi connectivity index (χ2n) is 5.72. The Hall–Kier alpha value is -3.15. The highest BCUT2D eigenvalue weighted by Gasteiger charge is 2.15. The maximum atomic E-state index is 8.86. The quantitative estimate of drug-likeness (QED) is 0.537. The normalized spacial score (nSPS) is 10.7. The molecular formula is C18H12ClN7S. The molecule has 0 bridgehead atoms. The highest BCUT2D eigenvalue weighted by molar-refractivity contribution is 7.80. The molecule has 27 heavy (non-hydrogen) atoms. The molecule has 0 atom stereocenters. The third kappa shape index (κ3) is 3.56. The highest BCUT2D eigenvalue weighted by atomic mass is 35.5. The van der Waals surface area contributed by atoms with Gasteiger partial charge >= 0.3 is 0 Å². The summed E-state index contributed by atoms with van der Waals surface area (Å²) in [5.41, 5.74) is 3.10. The van der Waals surface area contributed by atoms with E-state index >= 15 is 0 Å². The van der Waals surface area contributed by atoms with E-state index in [0.717, 1.165) is 11.3 Å². The monoisotopic (exact) mass is 393 g/mol. The first-order valence-electron chi connectivity index (χ1n) is 7.94. The van der Waals surface area contributed by atoms with Crippen LogP contribution in [0.5, 0.6) is 0 Å². The molecular weight excluding hydrogens is 382 g/mol. The van der Waals surface area contributed by atoms with Gasteiger partial charge in [0.2, 0.25) is 5.82 Å². The molecule has 2 heterocycles. The molecule has 0 aliphatic rings. The van der Waals surface area contributed by atoms with Crippen molar-refractivity contribution in [3.63, 3.8) is 0 Å². The van der Waals surface area contributed by atoms with Crippen LogP contribution in [0.3, 0.4) is 0 Å². The lowest BCUT2D eigenvalue weighted by atomic mass is 10.1. The van der Waals surface area contributed by atoms with Crippen LogP contribution in [0.4, 0.5) is 0 Å². The van der Waals surface area contributed by atoms with Gasteiger partial charge in [-0.15, -0.1) is 22.8 Å². The maximum Gasteiger partial charge on any atom is 0.209 e. The number of aromatic nitrogens is 6. The number of benzene rings is 2. The molecule has 0 radical (unpaired) electrons. The van der Waals surface area contributed by atoms with Gasteiger partial charge in [0.1, 0.15) is 5.03 Å². The molecule has 4 aromatic rings. The van der Waals surface area contributed by atoms with E-state index < -0.39 is 0 Å². The van der Waals surface area contributed by atoms with Crippen LogP contribution in [-0.2, 0) is 6.54 Å². The summed E-state index contributed by atoms with van der Waals surface area (Å²) >= 11 is 10.5. The molecule has 0 saturated heterocycles. The second kappa shape index (κ2) is 7.23. The van der Waals surface area contributed by atoms with E-state index in [-0.39, 0.29) is 0 Å². The second-order valence-corrected chi connectivity index (χ2v) is 6.58. The number of thiol groups is 1. The number of halogens is 1. The Balaban J connectivity index is 1.58. The van der Waals surface area contributed by atoms with Crippen molar-refractivity contribution in [2.24, 2.45) is 0 Å². The molecule has 9 heteroatoms. The topological polar surface area (TPSA) is 85.2 Å². The Morgan fingerprint density at radius 1 is 1.07 bits per heavy atom. The van der Waals surface area contributed by atoms with Crippen molar-refractivity contribution in [3.05, 3.63) is 70.9 Å². The number of hydrogen-bond acceptors (Lipinski definition) is 6. The zero-order valence-corrected chi connectivity index (χ0v) is 15.5. The van der Waals surface area contributed by atoms with Crippen molar-refractivity contribution in [2.75, 3.05) is 0 Å². The molecule has 132 valence electrons. The summed E-state index contributed by atoms with van der Waals surface area (Å²) in [5.74, 6) is 0.439. The van der Waals surface area contributed by atoms with E-state index in [0.29, 0.717) is 33.5 Å². The SMILES string of the molecule is N#Cc1ccc(Cn2nnc(-c3cnn(-c4ccc(Cl)cc4)c3S)n2)cc1. The minimum Gasteiger partial charge on any atom is -0.227 e. The highest BCUT2D eigenvalue weighted by Crippen LogP contribution is 2.26. The summed E-state index contributed by atoms with van der Waals surface area (Å²) in [4.78, 5) is 1.49. The van der Waals surface area contributed by atoms with E-state index in [1.807, 2.05) is 24.3 Å². The third-order valence-corrected chi connectivity index (χ3v) is 4.60. The van der Waals surface area contributed by atoms with E-state index in [2.05, 4.69) is 39.2 Å². The molecule has 4 rings (SSSR count). The summed E-state index contributed by atoms with van der Waals surface area (Å²) in [6.45, 7) is 0.450. The minimum absolute atomic E-state index is 0.439. The van der Waals surface area contributed by atoms with E-state index in [9.17, 15) is 0 Å². The minimum atomic E-state index is 0.439. The Morgan fingerprint density at radius 3 is 2.52 bits per heavy atom. The summed E-state index contributed by atoms with van der Waals surface area (Å²) in [6, 6.07) is 16.6. The van der Waals surface area contributed by atoms with Crippen LogP contribution in [0.25, 0.3) is 17.1 Å². The van der Waals surface area contributed by atoms with E-state index in [1.54, 1.807) is 35.1 Å². The summed E-state index contributed by atoms with van der Waals surface area (Å²) in [5, 5.41) is 27.1. The largest absolute Gasteiger partial charge is 0.227 e. The van der Waals surface area contributed by atoms with Crippen molar-refractivity contribution in [3.8, 4) is 23.1 Å². The lowest BCUT2D eigenvalue weighted by molar-refractivity contribution is 0.573. The van der Waals surface area contributed by atoms with Gasteiger partial charge in [-0.3, -0.25) is 0 Å². The van der Waals surface area contributed by atoms with Gasteiger partial charge in [-0.05, 0) is 47.2 Å². The van der Waals surface area contributed by atoms with Crippen molar-refractivity contribution >= 4 is 24.2 Å². The van der Waals surface area contributed by atoms with Gasteiger partial charge in [-0.2, -0.15) is 15.2 Å².